The molecule has 0 aliphatic rings. The second-order valence-electron chi connectivity index (χ2n) is 6.59. The van der Waals surface area contributed by atoms with Crippen LogP contribution in [0, 0.1) is 0 Å². The molecule has 0 aliphatic carbocycles. The molecule has 3 aromatic carbocycles. The van der Waals surface area contributed by atoms with Crippen LogP contribution in [-0.4, -0.2) is 19.5 Å². The van der Waals surface area contributed by atoms with Crippen molar-refractivity contribution in [2.75, 3.05) is 23.8 Å². The number of amides is 1. The minimum absolute atomic E-state index is 0.0104. The topological polar surface area (TPSA) is 32.3 Å². The van der Waals surface area contributed by atoms with E-state index in [1.807, 2.05) is 24.1 Å². The van der Waals surface area contributed by atoms with Gasteiger partial charge in [-0.2, -0.15) is 0 Å². The first-order chi connectivity index (χ1) is 12.6. The first-order valence-corrected chi connectivity index (χ1v) is 9.23. The van der Waals surface area contributed by atoms with Gasteiger partial charge in [-0.1, -0.05) is 62.4 Å². The summed E-state index contributed by atoms with van der Waals surface area (Å²) in [6.07, 6.45) is 1.81. The molecule has 3 aromatic rings. The number of benzene rings is 3. The van der Waals surface area contributed by atoms with Gasteiger partial charge in [-0.05, 0) is 46.9 Å². The zero-order chi connectivity index (χ0) is 18.5. The molecule has 0 aliphatic heterocycles. The number of carbonyl (C=O) groups excluding carboxylic acids is 1. The normalized spacial score (nSPS) is 10.7. The molecule has 3 heteroatoms. The Kier molecular flexibility index (Phi) is 5.57. The molecular weight excluding hydrogens is 320 g/mol. The number of likely N-dealkylation sites (N-methyl/N-ethyl adjacent to an activating group) is 1. The van der Waals surface area contributed by atoms with Crippen molar-refractivity contribution < 1.29 is 4.79 Å². The van der Waals surface area contributed by atoms with Crippen LogP contribution in [0.5, 0.6) is 0 Å². The van der Waals surface area contributed by atoms with Crippen molar-refractivity contribution in [3.05, 3.63) is 71.8 Å². The van der Waals surface area contributed by atoms with Crippen LogP contribution in [0.4, 0.5) is 11.4 Å². The number of nitrogens with zero attached hydrogens (tertiary/aromatic N) is 1. The van der Waals surface area contributed by atoms with E-state index in [0.29, 0.717) is 6.54 Å². The van der Waals surface area contributed by atoms with Crippen LogP contribution in [-0.2, 0) is 17.6 Å². The zero-order valence-electron chi connectivity index (χ0n) is 15.8. The lowest BCUT2D eigenvalue weighted by Gasteiger charge is -2.21. The molecule has 0 heterocycles. The van der Waals surface area contributed by atoms with Crippen molar-refractivity contribution in [2.24, 2.45) is 0 Å². The first kappa shape index (κ1) is 18.0. The van der Waals surface area contributed by atoms with Gasteiger partial charge in [0.15, 0.2) is 0 Å². The van der Waals surface area contributed by atoms with Gasteiger partial charge in [0, 0.05) is 18.4 Å². The first-order valence-electron chi connectivity index (χ1n) is 9.23. The Hall–Kier alpha value is -2.81. The van der Waals surface area contributed by atoms with Crippen molar-refractivity contribution in [1.82, 2.24) is 0 Å². The molecule has 0 spiro atoms. The predicted molar refractivity (Wildman–Crippen MR) is 111 cm³/mol. The lowest BCUT2D eigenvalue weighted by atomic mass is 10.0. The number of carbonyl (C=O) groups is 1. The third-order valence-electron chi connectivity index (χ3n) is 4.82. The Balaban J connectivity index is 1.75. The molecule has 0 saturated carbocycles. The maximum absolute atomic E-state index is 12.6. The van der Waals surface area contributed by atoms with Gasteiger partial charge in [-0.25, -0.2) is 0 Å². The summed E-state index contributed by atoms with van der Waals surface area (Å²) in [5.74, 6) is 0.0104. The van der Waals surface area contributed by atoms with Crippen molar-refractivity contribution >= 4 is 28.1 Å². The molecule has 0 bridgehead atoms. The number of rotatable bonds is 6. The van der Waals surface area contributed by atoms with Gasteiger partial charge in [0.25, 0.3) is 0 Å². The monoisotopic (exact) mass is 346 g/mol. The van der Waals surface area contributed by atoms with Crippen LogP contribution in [0.3, 0.4) is 0 Å². The van der Waals surface area contributed by atoms with E-state index in [0.717, 1.165) is 24.2 Å². The van der Waals surface area contributed by atoms with Gasteiger partial charge in [-0.3, -0.25) is 4.79 Å². The van der Waals surface area contributed by atoms with E-state index in [1.165, 1.54) is 21.9 Å². The smallest absolute Gasteiger partial charge is 0.243 e. The number of anilines is 2. The van der Waals surface area contributed by atoms with Crippen molar-refractivity contribution in [3.63, 3.8) is 0 Å². The highest BCUT2D eigenvalue weighted by Gasteiger charge is 2.12. The van der Waals surface area contributed by atoms with Gasteiger partial charge in [-0.15, -0.1) is 0 Å². The fourth-order valence-corrected chi connectivity index (χ4v) is 3.30. The molecule has 3 rings (SSSR count). The minimum atomic E-state index is 0.0104. The number of hydrogen-bond acceptors (Lipinski definition) is 2. The Bertz CT molecular complexity index is 895. The van der Waals surface area contributed by atoms with Crippen molar-refractivity contribution in [3.8, 4) is 0 Å². The highest BCUT2D eigenvalue weighted by atomic mass is 16.2. The van der Waals surface area contributed by atoms with Crippen molar-refractivity contribution in [2.45, 2.75) is 26.7 Å². The lowest BCUT2D eigenvalue weighted by Crippen LogP contribution is -2.30. The van der Waals surface area contributed by atoms with E-state index in [1.54, 1.807) is 0 Å². The average Bonchev–Trinajstić information content (AvgIpc) is 2.67. The fraction of sp³-hybridized carbons (Fsp3) is 0.261. The van der Waals surface area contributed by atoms with Gasteiger partial charge < -0.3 is 10.2 Å². The molecule has 3 nitrogen and oxygen atoms in total. The molecule has 0 fully saturated rings. The number of hydrogen-bond donors (Lipinski definition) is 1. The minimum Gasteiger partial charge on any atom is -0.365 e. The number of fused-ring (bicyclic) bond motifs is 1. The largest absolute Gasteiger partial charge is 0.365 e. The maximum Gasteiger partial charge on any atom is 0.243 e. The number of aryl methyl sites for hydroxylation is 2. The molecule has 0 atom stereocenters. The quantitative estimate of drug-likeness (QED) is 0.678. The summed E-state index contributed by atoms with van der Waals surface area (Å²) in [4.78, 5) is 14.6. The van der Waals surface area contributed by atoms with E-state index in [9.17, 15) is 4.79 Å². The van der Waals surface area contributed by atoms with Crippen LogP contribution in [0.1, 0.15) is 25.0 Å². The standard InChI is InChI=1S/C23H26N2O/c1-4-17-11-8-12-18(5-2)23(17)24-22(26)16-25(3)21-14-13-19-9-6-7-10-20(19)15-21/h6-15H,4-5,16H2,1-3H3,(H,24,26). The van der Waals surface area contributed by atoms with Crippen LogP contribution in [0.2, 0.25) is 0 Å². The Morgan fingerprint density at radius 3 is 2.19 bits per heavy atom. The highest BCUT2D eigenvalue weighted by molar-refractivity contribution is 5.96. The summed E-state index contributed by atoms with van der Waals surface area (Å²) in [7, 11) is 1.95. The summed E-state index contributed by atoms with van der Waals surface area (Å²) in [6.45, 7) is 4.55. The molecule has 134 valence electrons. The second kappa shape index (κ2) is 8.05. The Morgan fingerprint density at radius 1 is 0.885 bits per heavy atom. The van der Waals surface area contributed by atoms with E-state index in [4.69, 9.17) is 0 Å². The Labute approximate surface area is 155 Å². The average molecular weight is 346 g/mol. The zero-order valence-corrected chi connectivity index (χ0v) is 15.8. The summed E-state index contributed by atoms with van der Waals surface area (Å²) < 4.78 is 0. The molecule has 0 saturated heterocycles. The van der Waals surface area contributed by atoms with Crippen molar-refractivity contribution in [1.29, 1.82) is 0 Å². The van der Waals surface area contributed by atoms with Gasteiger partial charge >= 0.3 is 0 Å². The van der Waals surface area contributed by atoms with E-state index < -0.39 is 0 Å². The van der Waals surface area contributed by atoms with Gasteiger partial charge in [0.2, 0.25) is 5.91 Å². The summed E-state index contributed by atoms with van der Waals surface area (Å²) in [5, 5.41) is 5.53. The van der Waals surface area contributed by atoms with Crippen LogP contribution < -0.4 is 10.2 Å². The van der Waals surface area contributed by atoms with Crippen LogP contribution >= 0.6 is 0 Å². The number of nitrogens with one attached hydrogen (secondary N) is 1. The van der Waals surface area contributed by atoms with Crippen LogP contribution in [0.15, 0.2) is 60.7 Å². The molecule has 1 N–H and O–H groups in total. The summed E-state index contributed by atoms with van der Waals surface area (Å²) in [6, 6.07) is 20.8. The molecule has 1 amide bonds. The third kappa shape index (κ3) is 3.88. The SMILES string of the molecule is CCc1cccc(CC)c1NC(=O)CN(C)c1ccc2ccccc2c1. The molecule has 0 aromatic heterocycles. The number of para-hydroxylation sites is 1. The predicted octanol–water partition coefficient (Wildman–Crippen LogP) is 5.04. The Morgan fingerprint density at radius 2 is 1.54 bits per heavy atom. The van der Waals surface area contributed by atoms with Gasteiger partial charge in [0.1, 0.15) is 0 Å². The van der Waals surface area contributed by atoms with Crippen LogP contribution in [0.25, 0.3) is 10.8 Å². The van der Waals surface area contributed by atoms with E-state index in [-0.39, 0.29) is 5.91 Å². The maximum atomic E-state index is 12.6. The van der Waals surface area contributed by atoms with E-state index in [2.05, 4.69) is 67.7 Å². The molecular formula is C23H26N2O. The highest BCUT2D eigenvalue weighted by Crippen LogP contribution is 2.24. The lowest BCUT2D eigenvalue weighted by molar-refractivity contribution is -0.114. The summed E-state index contributed by atoms with van der Waals surface area (Å²) in [5.41, 5.74) is 4.39. The third-order valence-corrected chi connectivity index (χ3v) is 4.82. The van der Waals surface area contributed by atoms with Gasteiger partial charge in [0.05, 0.1) is 6.54 Å². The molecule has 0 radical (unpaired) electrons. The van der Waals surface area contributed by atoms with E-state index >= 15 is 0 Å². The second-order valence-corrected chi connectivity index (χ2v) is 6.59. The molecule has 26 heavy (non-hydrogen) atoms. The fourth-order valence-electron chi connectivity index (χ4n) is 3.30. The summed E-state index contributed by atoms with van der Waals surface area (Å²) >= 11 is 0. The molecule has 0 unspecified atom stereocenters.